The molecule has 0 aromatic carbocycles. The lowest BCUT2D eigenvalue weighted by Crippen LogP contribution is -2.40. The van der Waals surface area contributed by atoms with E-state index in [1.807, 2.05) is 0 Å². The van der Waals surface area contributed by atoms with Crippen LogP contribution in [-0.4, -0.2) is 47.9 Å². The van der Waals surface area contributed by atoms with E-state index in [2.05, 4.69) is 36.8 Å². The molecular formula is C13H25Br2NO. The Bertz CT molecular complexity index is 181. The minimum Gasteiger partial charge on any atom is -0.377 e. The number of alkyl halides is 2. The summed E-state index contributed by atoms with van der Waals surface area (Å²) in [6, 6.07) is 0. The highest BCUT2D eigenvalue weighted by Crippen LogP contribution is 2.14. The molecule has 1 atom stereocenters. The second-order valence-corrected chi connectivity index (χ2v) is 6.31. The lowest BCUT2D eigenvalue weighted by molar-refractivity contribution is -0.00157. The van der Waals surface area contributed by atoms with Gasteiger partial charge in [-0.2, -0.15) is 0 Å². The molecule has 0 spiro atoms. The van der Waals surface area contributed by atoms with Crippen molar-refractivity contribution >= 4 is 31.9 Å². The number of rotatable bonds is 9. The van der Waals surface area contributed by atoms with E-state index in [1.165, 1.54) is 51.6 Å². The zero-order valence-corrected chi connectivity index (χ0v) is 13.8. The summed E-state index contributed by atoms with van der Waals surface area (Å²) in [6.45, 7) is 4.60. The third kappa shape index (κ3) is 7.81. The van der Waals surface area contributed by atoms with Crippen LogP contribution in [0.3, 0.4) is 0 Å². The third-order valence-electron chi connectivity index (χ3n) is 3.20. The van der Waals surface area contributed by atoms with Crippen LogP contribution in [0.4, 0.5) is 0 Å². The normalized spacial score (nSPS) is 21.9. The van der Waals surface area contributed by atoms with Crippen molar-refractivity contribution < 1.29 is 4.74 Å². The van der Waals surface area contributed by atoms with Crippen LogP contribution in [0.15, 0.2) is 0 Å². The van der Waals surface area contributed by atoms with Crippen LogP contribution in [0.1, 0.15) is 38.5 Å². The quantitative estimate of drug-likeness (QED) is 0.452. The molecule has 102 valence electrons. The van der Waals surface area contributed by atoms with Crippen LogP contribution in [-0.2, 0) is 4.74 Å². The molecule has 1 aliphatic heterocycles. The SMILES string of the molecule is BrCCCCOC1CCCN(CCCCBr)C1. The molecule has 0 aromatic heterocycles. The van der Waals surface area contributed by atoms with E-state index >= 15 is 0 Å². The molecule has 2 nitrogen and oxygen atoms in total. The summed E-state index contributed by atoms with van der Waals surface area (Å²) >= 11 is 6.94. The predicted molar refractivity (Wildman–Crippen MR) is 81.5 cm³/mol. The van der Waals surface area contributed by atoms with Crippen molar-refractivity contribution in [2.24, 2.45) is 0 Å². The molecule has 0 amide bonds. The van der Waals surface area contributed by atoms with E-state index in [-0.39, 0.29) is 0 Å². The first-order valence-electron chi connectivity index (χ1n) is 6.82. The summed E-state index contributed by atoms with van der Waals surface area (Å²) in [5.41, 5.74) is 0. The topological polar surface area (TPSA) is 12.5 Å². The second kappa shape index (κ2) is 10.8. The van der Waals surface area contributed by atoms with Gasteiger partial charge in [-0.3, -0.25) is 0 Å². The number of piperidine rings is 1. The molecule has 0 aromatic rings. The van der Waals surface area contributed by atoms with Crippen LogP contribution in [0, 0.1) is 0 Å². The first kappa shape index (κ1) is 15.9. The fourth-order valence-electron chi connectivity index (χ4n) is 2.23. The first-order valence-corrected chi connectivity index (χ1v) is 9.07. The molecule has 1 aliphatic rings. The average Bonchev–Trinajstić information content (AvgIpc) is 2.36. The molecule has 1 unspecified atom stereocenters. The van der Waals surface area contributed by atoms with Gasteiger partial charge in [0, 0.05) is 23.8 Å². The van der Waals surface area contributed by atoms with E-state index in [4.69, 9.17) is 4.74 Å². The van der Waals surface area contributed by atoms with Crippen molar-refractivity contribution in [2.75, 3.05) is 36.9 Å². The third-order valence-corrected chi connectivity index (χ3v) is 4.32. The summed E-state index contributed by atoms with van der Waals surface area (Å²) < 4.78 is 5.95. The summed E-state index contributed by atoms with van der Waals surface area (Å²) in [4.78, 5) is 2.57. The van der Waals surface area contributed by atoms with Crippen LogP contribution in [0.2, 0.25) is 0 Å². The van der Waals surface area contributed by atoms with Crippen LogP contribution in [0.25, 0.3) is 0 Å². The van der Waals surface area contributed by atoms with Gasteiger partial charge in [0.2, 0.25) is 0 Å². The number of nitrogens with zero attached hydrogens (tertiary/aromatic N) is 1. The standard InChI is InChI=1S/C13H25Br2NO/c14-7-1-3-9-16-10-5-6-13(12-16)17-11-4-2-8-15/h13H,1-12H2. The summed E-state index contributed by atoms with van der Waals surface area (Å²) in [6.07, 6.45) is 8.05. The molecule has 1 fully saturated rings. The van der Waals surface area contributed by atoms with Crippen LogP contribution in [0.5, 0.6) is 0 Å². The Kier molecular flexibility index (Phi) is 10.1. The van der Waals surface area contributed by atoms with E-state index in [0.29, 0.717) is 6.10 Å². The molecule has 0 aliphatic carbocycles. The highest BCUT2D eigenvalue weighted by atomic mass is 79.9. The fraction of sp³-hybridized carbons (Fsp3) is 1.00. The van der Waals surface area contributed by atoms with Gasteiger partial charge in [0.05, 0.1) is 6.10 Å². The largest absolute Gasteiger partial charge is 0.377 e. The summed E-state index contributed by atoms with van der Waals surface area (Å²) in [5, 5.41) is 2.23. The Morgan fingerprint density at radius 1 is 1.06 bits per heavy atom. The number of hydrogen-bond acceptors (Lipinski definition) is 2. The van der Waals surface area contributed by atoms with Crippen molar-refractivity contribution in [2.45, 2.75) is 44.6 Å². The van der Waals surface area contributed by atoms with Gasteiger partial charge in [0.1, 0.15) is 0 Å². The molecule has 4 heteroatoms. The van der Waals surface area contributed by atoms with Crippen LogP contribution < -0.4 is 0 Å². The monoisotopic (exact) mass is 369 g/mol. The second-order valence-electron chi connectivity index (χ2n) is 4.73. The Balaban J connectivity index is 2.06. The Morgan fingerprint density at radius 3 is 2.59 bits per heavy atom. The summed E-state index contributed by atoms with van der Waals surface area (Å²) in [7, 11) is 0. The van der Waals surface area contributed by atoms with Crippen molar-refractivity contribution in [3.63, 3.8) is 0 Å². The zero-order chi connectivity index (χ0) is 12.3. The maximum atomic E-state index is 5.95. The molecule has 0 N–H and O–H groups in total. The van der Waals surface area contributed by atoms with Crippen molar-refractivity contribution in [1.82, 2.24) is 4.90 Å². The van der Waals surface area contributed by atoms with Crippen molar-refractivity contribution in [3.8, 4) is 0 Å². The lowest BCUT2D eigenvalue weighted by atomic mass is 10.1. The molecule has 1 heterocycles. The van der Waals surface area contributed by atoms with Gasteiger partial charge in [-0.05, 0) is 51.6 Å². The number of unbranched alkanes of at least 4 members (excludes halogenated alkanes) is 2. The minimum atomic E-state index is 0.489. The number of hydrogen-bond donors (Lipinski definition) is 0. The van der Waals surface area contributed by atoms with Gasteiger partial charge < -0.3 is 9.64 Å². The first-order chi connectivity index (χ1) is 8.36. The molecule has 0 saturated carbocycles. The summed E-state index contributed by atoms with van der Waals surface area (Å²) in [5.74, 6) is 0. The minimum absolute atomic E-state index is 0.489. The van der Waals surface area contributed by atoms with E-state index < -0.39 is 0 Å². The number of halogens is 2. The van der Waals surface area contributed by atoms with E-state index in [9.17, 15) is 0 Å². The predicted octanol–water partition coefficient (Wildman–Crippen LogP) is 3.82. The molecular weight excluding hydrogens is 346 g/mol. The maximum Gasteiger partial charge on any atom is 0.0702 e. The fourth-order valence-corrected chi connectivity index (χ4v) is 3.02. The van der Waals surface area contributed by atoms with Gasteiger partial charge >= 0.3 is 0 Å². The Labute approximate surface area is 123 Å². The Hall–Kier alpha value is 0.880. The smallest absolute Gasteiger partial charge is 0.0702 e. The zero-order valence-electron chi connectivity index (χ0n) is 10.7. The van der Waals surface area contributed by atoms with E-state index in [1.54, 1.807) is 0 Å². The maximum absolute atomic E-state index is 5.95. The van der Waals surface area contributed by atoms with Gasteiger partial charge in [-0.1, -0.05) is 31.9 Å². The van der Waals surface area contributed by atoms with Crippen LogP contribution >= 0.6 is 31.9 Å². The number of likely N-dealkylation sites (tertiary alicyclic amines) is 1. The molecule has 0 radical (unpaired) electrons. The van der Waals surface area contributed by atoms with Crippen molar-refractivity contribution in [3.05, 3.63) is 0 Å². The van der Waals surface area contributed by atoms with Crippen molar-refractivity contribution in [1.29, 1.82) is 0 Å². The molecule has 1 rings (SSSR count). The molecule has 1 saturated heterocycles. The average molecular weight is 371 g/mol. The van der Waals surface area contributed by atoms with E-state index in [0.717, 1.165) is 23.8 Å². The van der Waals surface area contributed by atoms with Gasteiger partial charge in [0.25, 0.3) is 0 Å². The highest BCUT2D eigenvalue weighted by molar-refractivity contribution is 9.09. The van der Waals surface area contributed by atoms with Gasteiger partial charge in [-0.15, -0.1) is 0 Å². The molecule has 17 heavy (non-hydrogen) atoms. The lowest BCUT2D eigenvalue weighted by Gasteiger charge is -2.32. The molecule has 0 bridgehead atoms. The van der Waals surface area contributed by atoms with Gasteiger partial charge in [0.15, 0.2) is 0 Å². The number of ether oxygens (including phenoxy) is 1. The van der Waals surface area contributed by atoms with Gasteiger partial charge in [-0.25, -0.2) is 0 Å². The highest BCUT2D eigenvalue weighted by Gasteiger charge is 2.19. The Morgan fingerprint density at radius 2 is 1.82 bits per heavy atom.